The molecule has 1 saturated heterocycles. The Morgan fingerprint density at radius 2 is 1.79 bits per heavy atom. The Morgan fingerprint density at radius 3 is 2.43 bits per heavy atom. The third-order valence-corrected chi connectivity index (χ3v) is 3.96. The number of alkyl halides is 3. The molecule has 7 nitrogen and oxygen atoms in total. The maximum absolute atomic E-state index is 12.2. The summed E-state index contributed by atoms with van der Waals surface area (Å²) < 4.78 is 42.0. The summed E-state index contributed by atoms with van der Waals surface area (Å²) in [4.78, 5) is 22.3. The van der Waals surface area contributed by atoms with Gasteiger partial charge in [0.15, 0.2) is 0 Å². The molecule has 1 aliphatic rings. The van der Waals surface area contributed by atoms with Crippen LogP contribution in [0.1, 0.15) is 12.1 Å². The standard InChI is InChI=1S/C18H20F3N5O2/c1-12-10-15(26-6-8-28-9-7-26)25-17(22-12)24-14-4-2-13(3-5-14)23-16(27)11-18(19,20)21/h2-5,10H,6-9,11H2,1H3,(H,23,27)(H,22,24,25). The summed E-state index contributed by atoms with van der Waals surface area (Å²) in [7, 11) is 0. The second-order valence-electron chi connectivity index (χ2n) is 6.33. The predicted molar refractivity (Wildman–Crippen MR) is 98.8 cm³/mol. The number of halogens is 3. The summed E-state index contributed by atoms with van der Waals surface area (Å²) in [5.41, 5.74) is 1.72. The van der Waals surface area contributed by atoms with Crippen LogP contribution in [0.3, 0.4) is 0 Å². The number of hydrogen-bond donors (Lipinski definition) is 2. The van der Waals surface area contributed by atoms with Crippen molar-refractivity contribution in [2.24, 2.45) is 0 Å². The molecule has 0 bridgehead atoms. The summed E-state index contributed by atoms with van der Waals surface area (Å²) in [6.07, 6.45) is -6.05. The van der Waals surface area contributed by atoms with Crippen molar-refractivity contribution in [3.05, 3.63) is 36.0 Å². The number of hydrogen-bond acceptors (Lipinski definition) is 6. The number of rotatable bonds is 5. The highest BCUT2D eigenvalue weighted by Gasteiger charge is 2.31. The van der Waals surface area contributed by atoms with Crippen molar-refractivity contribution in [3.63, 3.8) is 0 Å². The number of nitrogens with one attached hydrogen (secondary N) is 2. The van der Waals surface area contributed by atoms with Gasteiger partial charge in [-0.15, -0.1) is 0 Å². The quantitative estimate of drug-likeness (QED) is 0.809. The van der Waals surface area contributed by atoms with Crippen molar-refractivity contribution in [2.45, 2.75) is 19.5 Å². The monoisotopic (exact) mass is 395 g/mol. The van der Waals surface area contributed by atoms with E-state index in [1.54, 1.807) is 12.1 Å². The molecule has 1 aromatic carbocycles. The number of nitrogens with zero attached hydrogens (tertiary/aromatic N) is 3. The maximum Gasteiger partial charge on any atom is 0.397 e. The third-order valence-electron chi connectivity index (χ3n) is 3.96. The van der Waals surface area contributed by atoms with Gasteiger partial charge in [-0.05, 0) is 31.2 Å². The second kappa shape index (κ2) is 8.42. The molecule has 0 unspecified atom stereocenters. The highest BCUT2D eigenvalue weighted by molar-refractivity contribution is 5.91. The minimum Gasteiger partial charge on any atom is -0.378 e. The number of aromatic nitrogens is 2. The Bertz CT molecular complexity index is 821. The van der Waals surface area contributed by atoms with Crippen molar-refractivity contribution in [2.75, 3.05) is 41.8 Å². The number of carbonyl (C=O) groups is 1. The van der Waals surface area contributed by atoms with Gasteiger partial charge in [0.25, 0.3) is 0 Å². The highest BCUT2D eigenvalue weighted by Crippen LogP contribution is 2.22. The molecule has 3 rings (SSSR count). The van der Waals surface area contributed by atoms with E-state index in [0.29, 0.717) is 24.8 Å². The van der Waals surface area contributed by atoms with E-state index in [1.807, 2.05) is 13.0 Å². The summed E-state index contributed by atoms with van der Waals surface area (Å²) >= 11 is 0. The molecule has 1 aliphatic heterocycles. The lowest BCUT2D eigenvalue weighted by atomic mass is 10.2. The lowest BCUT2D eigenvalue weighted by Crippen LogP contribution is -2.36. The lowest BCUT2D eigenvalue weighted by Gasteiger charge is -2.28. The van der Waals surface area contributed by atoms with E-state index in [4.69, 9.17) is 4.74 Å². The molecule has 0 saturated carbocycles. The largest absolute Gasteiger partial charge is 0.397 e. The lowest BCUT2D eigenvalue weighted by molar-refractivity contribution is -0.150. The molecule has 1 amide bonds. The summed E-state index contributed by atoms with van der Waals surface area (Å²) in [6, 6.07) is 8.17. The van der Waals surface area contributed by atoms with E-state index in [-0.39, 0.29) is 5.69 Å². The number of amides is 1. The van der Waals surface area contributed by atoms with E-state index in [0.717, 1.165) is 24.6 Å². The van der Waals surface area contributed by atoms with Crippen LogP contribution in [0.5, 0.6) is 0 Å². The maximum atomic E-state index is 12.2. The first-order chi connectivity index (χ1) is 13.3. The molecule has 2 aromatic rings. The van der Waals surface area contributed by atoms with Crippen LogP contribution in [0.4, 0.5) is 36.3 Å². The van der Waals surface area contributed by atoms with Gasteiger partial charge in [-0.2, -0.15) is 18.2 Å². The Labute approximate surface area is 159 Å². The van der Waals surface area contributed by atoms with Gasteiger partial charge < -0.3 is 20.3 Å². The fourth-order valence-corrected chi connectivity index (χ4v) is 2.72. The zero-order chi connectivity index (χ0) is 20.1. The van der Waals surface area contributed by atoms with Crippen LogP contribution < -0.4 is 15.5 Å². The Hall–Kier alpha value is -2.88. The molecular weight excluding hydrogens is 375 g/mol. The van der Waals surface area contributed by atoms with Gasteiger partial charge in [0, 0.05) is 36.2 Å². The van der Waals surface area contributed by atoms with E-state index < -0.39 is 18.5 Å². The molecular formula is C18H20F3N5O2. The molecule has 10 heteroatoms. The van der Waals surface area contributed by atoms with Gasteiger partial charge in [-0.25, -0.2) is 4.98 Å². The van der Waals surface area contributed by atoms with E-state index in [1.165, 1.54) is 12.1 Å². The zero-order valence-corrected chi connectivity index (χ0v) is 15.2. The average molecular weight is 395 g/mol. The molecule has 0 aliphatic carbocycles. The topological polar surface area (TPSA) is 79.4 Å². The molecule has 2 heterocycles. The van der Waals surface area contributed by atoms with Crippen LogP contribution in [0, 0.1) is 6.92 Å². The molecule has 2 N–H and O–H groups in total. The zero-order valence-electron chi connectivity index (χ0n) is 15.2. The summed E-state index contributed by atoms with van der Waals surface area (Å²) in [5.74, 6) is 0.107. The minimum absolute atomic E-state index is 0.277. The summed E-state index contributed by atoms with van der Waals surface area (Å²) in [6.45, 7) is 4.67. The normalized spacial score (nSPS) is 14.6. The number of ether oxygens (including phenoxy) is 1. The first-order valence-corrected chi connectivity index (χ1v) is 8.70. The number of morpholine rings is 1. The third kappa shape index (κ3) is 5.81. The smallest absolute Gasteiger partial charge is 0.378 e. The second-order valence-corrected chi connectivity index (χ2v) is 6.33. The average Bonchev–Trinajstić information content (AvgIpc) is 2.62. The number of carbonyl (C=O) groups excluding carboxylic acids is 1. The van der Waals surface area contributed by atoms with Crippen LogP contribution in [0.15, 0.2) is 30.3 Å². The summed E-state index contributed by atoms with van der Waals surface area (Å²) in [5, 5.41) is 5.28. The van der Waals surface area contributed by atoms with Crippen LogP contribution in [0.25, 0.3) is 0 Å². The predicted octanol–water partition coefficient (Wildman–Crippen LogP) is 3.26. The minimum atomic E-state index is -4.54. The molecule has 0 radical (unpaired) electrons. The highest BCUT2D eigenvalue weighted by atomic mass is 19.4. The van der Waals surface area contributed by atoms with Crippen molar-refractivity contribution >= 4 is 29.0 Å². The fourth-order valence-electron chi connectivity index (χ4n) is 2.72. The molecule has 0 atom stereocenters. The van der Waals surface area contributed by atoms with Crippen LogP contribution in [-0.2, 0) is 9.53 Å². The van der Waals surface area contributed by atoms with Gasteiger partial charge in [-0.1, -0.05) is 0 Å². The number of benzene rings is 1. The molecule has 28 heavy (non-hydrogen) atoms. The van der Waals surface area contributed by atoms with E-state index in [9.17, 15) is 18.0 Å². The van der Waals surface area contributed by atoms with Crippen LogP contribution >= 0.6 is 0 Å². The van der Waals surface area contributed by atoms with E-state index in [2.05, 4.69) is 25.5 Å². The van der Waals surface area contributed by atoms with Gasteiger partial charge in [0.1, 0.15) is 12.2 Å². The fraction of sp³-hybridized carbons (Fsp3) is 0.389. The van der Waals surface area contributed by atoms with Crippen molar-refractivity contribution in [1.29, 1.82) is 0 Å². The van der Waals surface area contributed by atoms with Gasteiger partial charge in [0.05, 0.1) is 13.2 Å². The van der Waals surface area contributed by atoms with E-state index >= 15 is 0 Å². The Kier molecular flexibility index (Phi) is 5.98. The van der Waals surface area contributed by atoms with Gasteiger partial charge in [-0.3, -0.25) is 4.79 Å². The number of aryl methyl sites for hydroxylation is 1. The first kappa shape index (κ1) is 19.9. The van der Waals surface area contributed by atoms with Crippen LogP contribution in [-0.4, -0.2) is 48.4 Å². The van der Waals surface area contributed by atoms with Crippen molar-refractivity contribution in [3.8, 4) is 0 Å². The number of anilines is 4. The van der Waals surface area contributed by atoms with Gasteiger partial charge in [0.2, 0.25) is 11.9 Å². The van der Waals surface area contributed by atoms with Crippen molar-refractivity contribution < 1.29 is 22.7 Å². The SMILES string of the molecule is Cc1cc(N2CCOCC2)nc(Nc2ccc(NC(=O)CC(F)(F)F)cc2)n1. The van der Waals surface area contributed by atoms with Crippen molar-refractivity contribution in [1.82, 2.24) is 9.97 Å². The Morgan fingerprint density at radius 1 is 1.14 bits per heavy atom. The van der Waals surface area contributed by atoms with Crippen LogP contribution in [0.2, 0.25) is 0 Å². The van der Waals surface area contributed by atoms with Gasteiger partial charge >= 0.3 is 6.18 Å². The molecule has 1 aromatic heterocycles. The first-order valence-electron chi connectivity index (χ1n) is 8.70. The molecule has 0 spiro atoms. The Balaban J connectivity index is 1.65. The molecule has 150 valence electrons. The molecule has 1 fully saturated rings.